The van der Waals surface area contributed by atoms with Crippen molar-refractivity contribution in [1.29, 1.82) is 0 Å². The zero-order chi connectivity index (χ0) is 13.2. The highest BCUT2D eigenvalue weighted by Gasteiger charge is 2.31. The maximum absolute atomic E-state index is 3.70. The molecule has 0 bridgehead atoms. The minimum Gasteiger partial charge on any atom is -0.313 e. The third kappa shape index (κ3) is 3.52. The minimum atomic E-state index is 0.356. The molecule has 0 aliphatic heterocycles. The second-order valence-corrected chi connectivity index (χ2v) is 7.63. The van der Waals surface area contributed by atoms with Crippen LogP contribution in [0.25, 0.3) is 0 Å². The zero-order valence-corrected chi connectivity index (χ0v) is 12.8. The van der Waals surface area contributed by atoms with E-state index in [0.29, 0.717) is 4.75 Å². The standard InChI is InChI=1S/C16H25NS/c1-12-5-7-13(8-6-12)14-9-15(10-14)17-11-16(2,3)18-4/h5-8,14-15,17H,9-11H2,1-4H3. The van der Waals surface area contributed by atoms with E-state index in [0.717, 1.165) is 18.5 Å². The van der Waals surface area contributed by atoms with Gasteiger partial charge in [-0.2, -0.15) is 11.8 Å². The van der Waals surface area contributed by atoms with Gasteiger partial charge in [-0.25, -0.2) is 0 Å². The van der Waals surface area contributed by atoms with Gasteiger partial charge in [0.25, 0.3) is 0 Å². The first-order valence-corrected chi connectivity index (χ1v) is 8.08. The first-order chi connectivity index (χ1) is 8.50. The van der Waals surface area contributed by atoms with Crippen molar-refractivity contribution in [2.45, 2.75) is 50.3 Å². The maximum atomic E-state index is 3.70. The van der Waals surface area contributed by atoms with Crippen LogP contribution in [0.2, 0.25) is 0 Å². The molecule has 0 atom stereocenters. The molecule has 0 heterocycles. The highest BCUT2D eigenvalue weighted by atomic mass is 32.2. The molecular formula is C16H25NS. The number of aryl methyl sites for hydroxylation is 1. The van der Waals surface area contributed by atoms with E-state index in [1.165, 1.54) is 24.0 Å². The number of nitrogens with one attached hydrogen (secondary N) is 1. The molecule has 0 saturated heterocycles. The summed E-state index contributed by atoms with van der Waals surface area (Å²) in [6, 6.07) is 9.77. The van der Waals surface area contributed by atoms with Crippen LogP contribution in [-0.4, -0.2) is 23.6 Å². The summed E-state index contributed by atoms with van der Waals surface area (Å²) in [5.74, 6) is 0.778. The molecule has 2 rings (SSSR count). The van der Waals surface area contributed by atoms with E-state index in [1.807, 2.05) is 11.8 Å². The molecule has 1 aliphatic rings. The second-order valence-electron chi connectivity index (χ2n) is 6.12. The van der Waals surface area contributed by atoms with Crippen LogP contribution in [0.1, 0.15) is 43.7 Å². The highest BCUT2D eigenvalue weighted by molar-refractivity contribution is 7.99. The van der Waals surface area contributed by atoms with Gasteiger partial charge in [0.1, 0.15) is 0 Å². The Morgan fingerprint density at radius 3 is 2.39 bits per heavy atom. The Morgan fingerprint density at radius 2 is 1.83 bits per heavy atom. The Morgan fingerprint density at radius 1 is 1.22 bits per heavy atom. The van der Waals surface area contributed by atoms with Crippen LogP contribution in [0, 0.1) is 6.92 Å². The number of benzene rings is 1. The predicted octanol–water partition coefficient (Wildman–Crippen LogP) is 3.97. The molecule has 0 radical (unpaired) electrons. The molecule has 1 nitrogen and oxygen atoms in total. The van der Waals surface area contributed by atoms with Gasteiger partial charge in [-0.05, 0) is 51.3 Å². The Bertz CT molecular complexity index is 377. The minimum absolute atomic E-state index is 0.356. The fourth-order valence-electron chi connectivity index (χ4n) is 2.36. The summed E-state index contributed by atoms with van der Waals surface area (Å²) < 4.78 is 0.356. The average Bonchev–Trinajstić information content (AvgIpc) is 2.29. The normalized spacial score (nSPS) is 23.8. The quantitative estimate of drug-likeness (QED) is 0.862. The van der Waals surface area contributed by atoms with E-state index >= 15 is 0 Å². The van der Waals surface area contributed by atoms with Gasteiger partial charge in [-0.3, -0.25) is 0 Å². The van der Waals surface area contributed by atoms with Crippen molar-refractivity contribution >= 4 is 11.8 Å². The summed E-state index contributed by atoms with van der Waals surface area (Å²) in [5.41, 5.74) is 2.87. The fourth-order valence-corrected chi connectivity index (χ4v) is 2.59. The Labute approximate surface area is 116 Å². The van der Waals surface area contributed by atoms with Gasteiger partial charge in [0.15, 0.2) is 0 Å². The summed E-state index contributed by atoms with van der Waals surface area (Å²) in [6.07, 6.45) is 4.79. The van der Waals surface area contributed by atoms with E-state index in [4.69, 9.17) is 0 Å². The van der Waals surface area contributed by atoms with Crippen LogP contribution in [0.4, 0.5) is 0 Å². The summed E-state index contributed by atoms with van der Waals surface area (Å²) >= 11 is 1.94. The zero-order valence-electron chi connectivity index (χ0n) is 12.0. The molecule has 0 aromatic heterocycles. The summed E-state index contributed by atoms with van der Waals surface area (Å²) in [7, 11) is 0. The molecule has 0 spiro atoms. The largest absolute Gasteiger partial charge is 0.313 e. The Hall–Kier alpha value is -0.470. The number of hydrogen-bond donors (Lipinski definition) is 1. The molecule has 2 heteroatoms. The molecule has 1 N–H and O–H groups in total. The number of hydrogen-bond acceptors (Lipinski definition) is 2. The maximum Gasteiger partial charge on any atom is 0.0225 e. The second kappa shape index (κ2) is 5.66. The SMILES string of the molecule is CSC(C)(C)CNC1CC(c2ccc(C)cc2)C1. The topological polar surface area (TPSA) is 12.0 Å². The number of thioether (sulfide) groups is 1. The molecule has 1 aromatic rings. The van der Waals surface area contributed by atoms with Gasteiger partial charge < -0.3 is 5.32 Å². The van der Waals surface area contributed by atoms with Crippen LogP contribution in [0.3, 0.4) is 0 Å². The molecule has 18 heavy (non-hydrogen) atoms. The van der Waals surface area contributed by atoms with E-state index in [1.54, 1.807) is 0 Å². The third-order valence-electron chi connectivity index (χ3n) is 4.06. The van der Waals surface area contributed by atoms with E-state index < -0.39 is 0 Å². The molecule has 1 fully saturated rings. The van der Waals surface area contributed by atoms with Crippen molar-refractivity contribution < 1.29 is 0 Å². The van der Waals surface area contributed by atoms with Crippen molar-refractivity contribution in [2.75, 3.05) is 12.8 Å². The lowest BCUT2D eigenvalue weighted by molar-refractivity contribution is 0.286. The fraction of sp³-hybridized carbons (Fsp3) is 0.625. The lowest BCUT2D eigenvalue weighted by Crippen LogP contribution is -2.45. The summed E-state index contributed by atoms with van der Waals surface area (Å²) in [4.78, 5) is 0. The first-order valence-electron chi connectivity index (χ1n) is 6.85. The van der Waals surface area contributed by atoms with Crippen LogP contribution < -0.4 is 5.32 Å². The van der Waals surface area contributed by atoms with Gasteiger partial charge in [-0.15, -0.1) is 0 Å². The summed E-state index contributed by atoms with van der Waals surface area (Å²) in [5, 5.41) is 3.70. The van der Waals surface area contributed by atoms with Gasteiger partial charge in [-0.1, -0.05) is 29.8 Å². The van der Waals surface area contributed by atoms with Gasteiger partial charge in [0.05, 0.1) is 0 Å². The van der Waals surface area contributed by atoms with Gasteiger partial charge in [0, 0.05) is 17.3 Å². The molecule has 0 unspecified atom stereocenters. The molecule has 1 aliphatic carbocycles. The van der Waals surface area contributed by atoms with Crippen LogP contribution in [0.5, 0.6) is 0 Å². The lowest BCUT2D eigenvalue weighted by Gasteiger charge is -2.38. The molecule has 0 amide bonds. The van der Waals surface area contributed by atoms with E-state index in [2.05, 4.69) is 56.6 Å². The lowest BCUT2D eigenvalue weighted by atomic mass is 9.75. The van der Waals surface area contributed by atoms with E-state index in [-0.39, 0.29) is 0 Å². The van der Waals surface area contributed by atoms with E-state index in [9.17, 15) is 0 Å². The number of rotatable bonds is 5. The van der Waals surface area contributed by atoms with Crippen molar-refractivity contribution in [2.24, 2.45) is 0 Å². The highest BCUT2D eigenvalue weighted by Crippen LogP contribution is 2.37. The van der Waals surface area contributed by atoms with Crippen LogP contribution in [0.15, 0.2) is 24.3 Å². The molecule has 100 valence electrons. The molecule has 1 saturated carbocycles. The average molecular weight is 263 g/mol. The van der Waals surface area contributed by atoms with Gasteiger partial charge >= 0.3 is 0 Å². The molecular weight excluding hydrogens is 238 g/mol. The van der Waals surface area contributed by atoms with Crippen molar-refractivity contribution in [3.8, 4) is 0 Å². The molecule has 1 aromatic carbocycles. The smallest absolute Gasteiger partial charge is 0.0225 e. The Balaban J connectivity index is 1.75. The summed E-state index contributed by atoms with van der Waals surface area (Å²) in [6.45, 7) is 7.88. The van der Waals surface area contributed by atoms with Crippen LogP contribution >= 0.6 is 11.8 Å². The predicted molar refractivity (Wildman–Crippen MR) is 82.5 cm³/mol. The van der Waals surface area contributed by atoms with Gasteiger partial charge in [0.2, 0.25) is 0 Å². The van der Waals surface area contributed by atoms with Crippen molar-refractivity contribution in [3.63, 3.8) is 0 Å². The van der Waals surface area contributed by atoms with Crippen molar-refractivity contribution in [3.05, 3.63) is 35.4 Å². The first kappa shape index (κ1) is 14.0. The monoisotopic (exact) mass is 263 g/mol. The Kier molecular flexibility index (Phi) is 4.39. The van der Waals surface area contributed by atoms with Crippen LogP contribution in [-0.2, 0) is 0 Å². The van der Waals surface area contributed by atoms with Crippen molar-refractivity contribution in [1.82, 2.24) is 5.32 Å². The third-order valence-corrected chi connectivity index (χ3v) is 5.31.